The lowest BCUT2D eigenvalue weighted by Crippen LogP contribution is -2.31. The SMILES string of the molecule is CC(=O)c1cc(N(CCO)CC(F)F)ccc1[N+](=O)[O-]. The molecule has 110 valence electrons. The second kappa shape index (κ2) is 6.90. The van der Waals surface area contributed by atoms with Gasteiger partial charge in [0.2, 0.25) is 0 Å². The number of alkyl halides is 2. The number of rotatable bonds is 7. The summed E-state index contributed by atoms with van der Waals surface area (Å²) in [5.74, 6) is -0.528. The summed E-state index contributed by atoms with van der Waals surface area (Å²) in [4.78, 5) is 22.7. The zero-order valence-corrected chi connectivity index (χ0v) is 10.8. The molecule has 0 spiro atoms. The molecule has 8 heteroatoms. The molecule has 0 amide bonds. The highest BCUT2D eigenvalue weighted by Crippen LogP contribution is 2.26. The van der Waals surface area contributed by atoms with Crippen molar-refractivity contribution in [3.05, 3.63) is 33.9 Å². The van der Waals surface area contributed by atoms with Crippen LogP contribution in [0, 0.1) is 10.1 Å². The third kappa shape index (κ3) is 3.95. The first-order valence-corrected chi connectivity index (χ1v) is 5.80. The van der Waals surface area contributed by atoms with Crippen LogP contribution in [-0.4, -0.2) is 41.9 Å². The van der Waals surface area contributed by atoms with Gasteiger partial charge in [0.25, 0.3) is 12.1 Å². The second-order valence-corrected chi connectivity index (χ2v) is 4.08. The van der Waals surface area contributed by atoms with Crippen LogP contribution in [0.2, 0.25) is 0 Å². The molecular formula is C12H14F2N2O4. The Hall–Kier alpha value is -2.09. The maximum atomic E-state index is 12.5. The van der Waals surface area contributed by atoms with Gasteiger partial charge in [-0.3, -0.25) is 14.9 Å². The minimum Gasteiger partial charge on any atom is -0.395 e. The normalized spacial score (nSPS) is 10.7. The van der Waals surface area contributed by atoms with E-state index in [0.29, 0.717) is 0 Å². The monoisotopic (exact) mass is 288 g/mol. The second-order valence-electron chi connectivity index (χ2n) is 4.08. The summed E-state index contributed by atoms with van der Waals surface area (Å²) in [7, 11) is 0. The number of aliphatic hydroxyl groups excluding tert-OH is 1. The van der Waals surface area contributed by atoms with Gasteiger partial charge in [-0.1, -0.05) is 0 Å². The standard InChI is InChI=1S/C12H14F2N2O4/c1-8(18)10-6-9(2-3-11(10)16(19)20)15(4-5-17)7-12(13)14/h2-3,6,12,17H,4-5,7H2,1H3. The van der Waals surface area contributed by atoms with E-state index in [1.165, 1.54) is 17.0 Å². The number of nitrogens with zero attached hydrogens (tertiary/aromatic N) is 2. The number of ketones is 1. The smallest absolute Gasteiger partial charge is 0.280 e. The Labute approximate surface area is 113 Å². The molecule has 0 unspecified atom stereocenters. The predicted octanol–water partition coefficient (Wildman–Crippen LogP) is 1.86. The van der Waals surface area contributed by atoms with Gasteiger partial charge < -0.3 is 10.0 Å². The highest BCUT2D eigenvalue weighted by molar-refractivity contribution is 5.99. The number of carbonyl (C=O) groups is 1. The molecule has 0 aliphatic carbocycles. The number of nitro benzene ring substituents is 1. The van der Waals surface area contributed by atoms with Gasteiger partial charge in [-0.25, -0.2) is 8.78 Å². The third-order valence-corrected chi connectivity index (χ3v) is 2.65. The summed E-state index contributed by atoms with van der Waals surface area (Å²) < 4.78 is 24.9. The molecule has 0 aliphatic rings. The van der Waals surface area contributed by atoms with Gasteiger partial charge in [-0.15, -0.1) is 0 Å². The van der Waals surface area contributed by atoms with Gasteiger partial charge in [0.1, 0.15) is 0 Å². The topological polar surface area (TPSA) is 83.7 Å². The number of benzene rings is 1. The van der Waals surface area contributed by atoms with Crippen LogP contribution in [0.1, 0.15) is 17.3 Å². The zero-order valence-electron chi connectivity index (χ0n) is 10.8. The molecule has 0 radical (unpaired) electrons. The van der Waals surface area contributed by atoms with Crippen LogP contribution in [0.25, 0.3) is 0 Å². The summed E-state index contributed by atoms with van der Waals surface area (Å²) in [6.45, 7) is 0.129. The molecule has 0 saturated heterocycles. The van der Waals surface area contributed by atoms with E-state index >= 15 is 0 Å². The Kier molecular flexibility index (Phi) is 5.51. The van der Waals surface area contributed by atoms with Crippen LogP contribution in [0.3, 0.4) is 0 Å². The van der Waals surface area contributed by atoms with E-state index in [9.17, 15) is 23.7 Å². The number of halogens is 2. The van der Waals surface area contributed by atoms with Gasteiger partial charge >= 0.3 is 0 Å². The summed E-state index contributed by atoms with van der Waals surface area (Å²) >= 11 is 0. The van der Waals surface area contributed by atoms with E-state index in [1.807, 2.05) is 0 Å². The minimum atomic E-state index is -2.63. The van der Waals surface area contributed by atoms with Crippen molar-refractivity contribution in [2.24, 2.45) is 0 Å². The molecule has 6 nitrogen and oxygen atoms in total. The maximum absolute atomic E-state index is 12.5. The molecule has 0 fully saturated rings. The summed E-state index contributed by atoms with van der Waals surface area (Å²) in [5, 5.41) is 19.7. The Balaban J connectivity index is 3.20. The van der Waals surface area contributed by atoms with Crippen molar-refractivity contribution in [3.63, 3.8) is 0 Å². The Morgan fingerprint density at radius 3 is 2.60 bits per heavy atom. The van der Waals surface area contributed by atoms with Crippen LogP contribution in [-0.2, 0) is 0 Å². The molecule has 0 atom stereocenters. The van der Waals surface area contributed by atoms with Gasteiger partial charge in [-0.2, -0.15) is 0 Å². The van der Waals surface area contributed by atoms with Gasteiger partial charge in [0, 0.05) is 18.3 Å². The van der Waals surface area contributed by atoms with Crippen molar-refractivity contribution in [1.29, 1.82) is 0 Å². The number of nitro groups is 1. The average molecular weight is 288 g/mol. The Morgan fingerprint density at radius 2 is 2.15 bits per heavy atom. The highest BCUT2D eigenvalue weighted by atomic mass is 19.3. The summed E-state index contributed by atoms with van der Waals surface area (Å²) in [5.41, 5.74) is -0.290. The molecule has 20 heavy (non-hydrogen) atoms. The first kappa shape index (κ1) is 16.0. The lowest BCUT2D eigenvalue weighted by Gasteiger charge is -2.23. The van der Waals surface area contributed by atoms with Gasteiger partial charge in [0.05, 0.1) is 23.6 Å². The lowest BCUT2D eigenvalue weighted by atomic mass is 10.1. The number of carbonyl (C=O) groups excluding carboxylic acids is 1. The van der Waals surface area contributed by atoms with E-state index < -0.39 is 23.7 Å². The molecule has 1 N–H and O–H groups in total. The van der Waals surface area contributed by atoms with E-state index in [-0.39, 0.29) is 30.1 Å². The fourth-order valence-electron chi connectivity index (χ4n) is 1.78. The number of hydrogen-bond acceptors (Lipinski definition) is 5. The molecule has 0 bridgehead atoms. The van der Waals surface area contributed by atoms with Crippen molar-refractivity contribution in [2.75, 3.05) is 24.6 Å². The molecule has 0 aromatic heterocycles. The van der Waals surface area contributed by atoms with Crippen LogP contribution >= 0.6 is 0 Å². The van der Waals surface area contributed by atoms with Crippen LogP contribution in [0.4, 0.5) is 20.2 Å². The van der Waals surface area contributed by atoms with Crippen molar-refractivity contribution in [2.45, 2.75) is 13.3 Å². The molecule has 0 aliphatic heterocycles. The summed E-state index contributed by atoms with van der Waals surface area (Å²) in [6.07, 6.45) is -2.63. The van der Waals surface area contributed by atoms with Crippen molar-refractivity contribution >= 4 is 17.2 Å². The number of aliphatic hydroxyl groups is 1. The van der Waals surface area contributed by atoms with Crippen LogP contribution in [0.15, 0.2) is 18.2 Å². The van der Waals surface area contributed by atoms with Crippen LogP contribution < -0.4 is 4.90 Å². The number of hydrogen-bond donors (Lipinski definition) is 1. The lowest BCUT2D eigenvalue weighted by molar-refractivity contribution is -0.385. The van der Waals surface area contributed by atoms with E-state index in [0.717, 1.165) is 13.0 Å². The van der Waals surface area contributed by atoms with E-state index in [4.69, 9.17) is 5.11 Å². The van der Waals surface area contributed by atoms with Crippen LogP contribution in [0.5, 0.6) is 0 Å². The first-order valence-electron chi connectivity index (χ1n) is 5.80. The largest absolute Gasteiger partial charge is 0.395 e. The molecular weight excluding hydrogens is 274 g/mol. The van der Waals surface area contributed by atoms with Gasteiger partial charge in [0.15, 0.2) is 5.78 Å². The highest BCUT2D eigenvalue weighted by Gasteiger charge is 2.20. The maximum Gasteiger partial charge on any atom is 0.280 e. The minimum absolute atomic E-state index is 0.0561. The predicted molar refractivity (Wildman–Crippen MR) is 68.4 cm³/mol. The quantitative estimate of drug-likeness (QED) is 0.470. The van der Waals surface area contributed by atoms with E-state index in [2.05, 4.69) is 0 Å². The van der Waals surface area contributed by atoms with Gasteiger partial charge in [-0.05, 0) is 19.1 Å². The Morgan fingerprint density at radius 1 is 1.50 bits per heavy atom. The van der Waals surface area contributed by atoms with Crippen molar-refractivity contribution in [1.82, 2.24) is 0 Å². The number of Topliss-reactive ketones (excluding diaryl/α,β-unsaturated/α-hetero) is 1. The molecule has 1 rings (SSSR count). The number of anilines is 1. The molecule has 0 heterocycles. The summed E-state index contributed by atoms with van der Waals surface area (Å²) in [6, 6.07) is 3.57. The van der Waals surface area contributed by atoms with Crippen molar-refractivity contribution < 1.29 is 23.6 Å². The molecule has 1 aromatic carbocycles. The average Bonchev–Trinajstić information content (AvgIpc) is 2.36. The fraction of sp³-hybridized carbons (Fsp3) is 0.417. The third-order valence-electron chi connectivity index (χ3n) is 2.65. The van der Waals surface area contributed by atoms with E-state index in [1.54, 1.807) is 0 Å². The molecule has 0 saturated carbocycles. The van der Waals surface area contributed by atoms with Crippen molar-refractivity contribution in [3.8, 4) is 0 Å². The Bertz CT molecular complexity index is 508. The molecule has 1 aromatic rings. The first-order chi connectivity index (χ1) is 9.36. The fourth-order valence-corrected chi connectivity index (χ4v) is 1.78. The zero-order chi connectivity index (χ0) is 15.3.